The largest absolute Gasteiger partial charge is 0.355 e. The van der Waals surface area contributed by atoms with Crippen molar-refractivity contribution in [1.29, 1.82) is 0 Å². The Morgan fingerprint density at radius 1 is 0.789 bits per heavy atom. The Labute approximate surface area is 223 Å². The van der Waals surface area contributed by atoms with E-state index in [1.54, 1.807) is 60.7 Å². The molecule has 9 heteroatoms. The van der Waals surface area contributed by atoms with Crippen LogP contribution in [0, 0.1) is 0 Å². The highest BCUT2D eigenvalue weighted by molar-refractivity contribution is 6.30. The van der Waals surface area contributed by atoms with Crippen molar-refractivity contribution in [2.75, 3.05) is 26.0 Å². The number of hydrogen-bond acceptors (Lipinski definition) is 5. The van der Waals surface area contributed by atoms with Gasteiger partial charge in [0.05, 0.1) is 17.1 Å². The molecule has 192 valence electrons. The molecule has 0 aliphatic rings. The quantitative estimate of drug-likeness (QED) is 0.342. The smallest absolute Gasteiger partial charge is 0.341 e. The fourth-order valence-electron chi connectivity index (χ4n) is 4.38. The van der Waals surface area contributed by atoms with Crippen molar-refractivity contribution < 1.29 is 0 Å². The molecule has 3 aromatic carbocycles. The van der Waals surface area contributed by atoms with Gasteiger partial charge < -0.3 is 10.2 Å². The number of nitrogens with one attached hydrogen (secondary N) is 1. The average Bonchev–Trinajstić information content (AvgIpc) is 2.90. The number of pyridine rings is 1. The van der Waals surface area contributed by atoms with Crippen LogP contribution in [-0.4, -0.2) is 39.2 Å². The Bertz CT molecular complexity index is 1770. The number of halogens is 1. The van der Waals surface area contributed by atoms with Gasteiger partial charge >= 0.3 is 5.69 Å². The van der Waals surface area contributed by atoms with Crippen LogP contribution in [-0.2, 0) is 6.54 Å². The molecule has 2 heterocycles. The third kappa shape index (κ3) is 4.79. The normalized spacial score (nSPS) is 11.3. The average molecular weight is 528 g/mol. The van der Waals surface area contributed by atoms with Gasteiger partial charge in [0.2, 0.25) is 0 Å². The summed E-state index contributed by atoms with van der Waals surface area (Å²) in [5.74, 6) is 0. The molecule has 1 N–H and O–H groups in total. The van der Waals surface area contributed by atoms with E-state index < -0.39 is 11.2 Å². The minimum absolute atomic E-state index is 0.214. The van der Waals surface area contributed by atoms with Gasteiger partial charge in [0.15, 0.2) is 0 Å². The third-order valence-electron chi connectivity index (χ3n) is 6.22. The van der Waals surface area contributed by atoms with Gasteiger partial charge in [-0.05, 0) is 62.6 Å². The molecular weight excluding hydrogens is 502 g/mol. The Kier molecular flexibility index (Phi) is 7.00. The van der Waals surface area contributed by atoms with Crippen LogP contribution in [0.5, 0.6) is 0 Å². The number of fused-ring (bicyclic) bond motifs is 1. The summed E-state index contributed by atoms with van der Waals surface area (Å²) in [6.45, 7) is 0.814. The van der Waals surface area contributed by atoms with E-state index in [0.29, 0.717) is 34.3 Å². The minimum atomic E-state index is -0.568. The van der Waals surface area contributed by atoms with Gasteiger partial charge in [-0.25, -0.2) is 13.9 Å². The zero-order valence-electron chi connectivity index (χ0n) is 21.0. The fraction of sp³-hybridized carbons (Fsp3) is 0.138. The molecule has 0 saturated carbocycles. The van der Waals surface area contributed by atoms with Crippen LogP contribution in [0.2, 0.25) is 5.02 Å². The van der Waals surface area contributed by atoms with Gasteiger partial charge in [0.25, 0.3) is 11.1 Å². The number of para-hydroxylation sites is 2. The molecule has 0 radical (unpaired) electrons. The van der Waals surface area contributed by atoms with Crippen molar-refractivity contribution in [1.82, 2.24) is 18.6 Å². The van der Waals surface area contributed by atoms with Crippen LogP contribution in [0.15, 0.2) is 105 Å². The van der Waals surface area contributed by atoms with Crippen molar-refractivity contribution in [3.05, 3.63) is 127 Å². The molecule has 0 amide bonds. The topological polar surface area (TPSA) is 81.3 Å². The maximum Gasteiger partial charge on any atom is 0.341 e. The van der Waals surface area contributed by atoms with Crippen LogP contribution in [0.25, 0.3) is 22.4 Å². The molecule has 5 rings (SSSR count). The van der Waals surface area contributed by atoms with E-state index in [-0.39, 0.29) is 23.1 Å². The van der Waals surface area contributed by atoms with E-state index in [9.17, 15) is 14.4 Å². The van der Waals surface area contributed by atoms with Crippen LogP contribution in [0.1, 0.15) is 0 Å². The molecule has 38 heavy (non-hydrogen) atoms. The first-order valence-electron chi connectivity index (χ1n) is 12.1. The van der Waals surface area contributed by atoms with Crippen LogP contribution in [0.3, 0.4) is 0 Å². The highest BCUT2D eigenvalue weighted by atomic mass is 35.5. The summed E-state index contributed by atoms with van der Waals surface area (Å²) in [5, 5.41) is 3.99. The van der Waals surface area contributed by atoms with Crippen molar-refractivity contribution in [3.8, 4) is 11.4 Å². The number of rotatable bonds is 7. The third-order valence-corrected chi connectivity index (χ3v) is 6.47. The molecule has 0 saturated heterocycles. The Balaban J connectivity index is 1.95. The van der Waals surface area contributed by atoms with Crippen molar-refractivity contribution in [3.63, 3.8) is 0 Å². The zero-order valence-corrected chi connectivity index (χ0v) is 21.7. The number of benzene rings is 3. The maximum atomic E-state index is 14.2. The predicted molar refractivity (Wildman–Crippen MR) is 153 cm³/mol. The first-order chi connectivity index (χ1) is 18.3. The van der Waals surface area contributed by atoms with Crippen molar-refractivity contribution >= 4 is 34.0 Å². The van der Waals surface area contributed by atoms with E-state index >= 15 is 0 Å². The van der Waals surface area contributed by atoms with E-state index in [2.05, 4.69) is 5.32 Å². The summed E-state index contributed by atoms with van der Waals surface area (Å²) >= 11 is 6.06. The fourth-order valence-corrected chi connectivity index (χ4v) is 4.51. The summed E-state index contributed by atoms with van der Waals surface area (Å²) in [6, 6.07) is 26.1. The second-order valence-electron chi connectivity index (χ2n) is 9.11. The Hall–Kier alpha value is -4.40. The molecule has 5 aromatic rings. The molecule has 0 aliphatic heterocycles. The van der Waals surface area contributed by atoms with Gasteiger partial charge in [0, 0.05) is 29.9 Å². The molecule has 0 unspecified atom stereocenters. The first kappa shape index (κ1) is 25.3. The lowest BCUT2D eigenvalue weighted by Gasteiger charge is -2.21. The van der Waals surface area contributed by atoms with E-state index in [1.165, 1.54) is 15.2 Å². The van der Waals surface area contributed by atoms with Crippen LogP contribution < -0.4 is 22.1 Å². The SMILES string of the molecule is CN(C)CCn1c(=O)cc(Nc2ccc(Cl)cc2)c2c(=O)n(-c3ccccc3)c(=O)n(-c3ccccc3)c21. The number of likely N-dealkylation sites (N-methyl/N-ethyl adjacent to an activating group) is 1. The molecule has 0 fully saturated rings. The van der Waals surface area contributed by atoms with E-state index in [4.69, 9.17) is 11.6 Å². The lowest BCUT2D eigenvalue weighted by atomic mass is 10.2. The monoisotopic (exact) mass is 527 g/mol. The van der Waals surface area contributed by atoms with Gasteiger partial charge in [0.1, 0.15) is 11.0 Å². The molecule has 0 aliphatic carbocycles. The number of hydrogen-bond donors (Lipinski definition) is 1. The van der Waals surface area contributed by atoms with Crippen LogP contribution in [0.4, 0.5) is 11.4 Å². The summed E-state index contributed by atoms with van der Waals surface area (Å²) in [7, 11) is 3.80. The minimum Gasteiger partial charge on any atom is -0.355 e. The molecular formula is C29H26ClN5O3. The summed E-state index contributed by atoms with van der Waals surface area (Å²) in [6.07, 6.45) is 0. The van der Waals surface area contributed by atoms with Gasteiger partial charge in [-0.15, -0.1) is 0 Å². The number of aromatic nitrogens is 3. The van der Waals surface area contributed by atoms with Gasteiger partial charge in [-0.3, -0.25) is 14.2 Å². The van der Waals surface area contributed by atoms with Gasteiger partial charge in [-0.2, -0.15) is 0 Å². The van der Waals surface area contributed by atoms with Gasteiger partial charge in [-0.1, -0.05) is 48.0 Å². The zero-order chi connectivity index (χ0) is 26.8. The number of anilines is 2. The van der Waals surface area contributed by atoms with E-state index in [1.807, 2.05) is 43.3 Å². The summed E-state index contributed by atoms with van der Waals surface area (Å²) < 4.78 is 4.07. The Morgan fingerprint density at radius 3 is 1.95 bits per heavy atom. The molecule has 0 atom stereocenters. The maximum absolute atomic E-state index is 14.2. The van der Waals surface area contributed by atoms with Crippen molar-refractivity contribution in [2.24, 2.45) is 0 Å². The molecule has 0 bridgehead atoms. The molecule has 2 aromatic heterocycles. The van der Waals surface area contributed by atoms with E-state index in [0.717, 1.165) is 4.57 Å². The second-order valence-corrected chi connectivity index (χ2v) is 9.55. The van der Waals surface area contributed by atoms with Crippen molar-refractivity contribution in [2.45, 2.75) is 6.54 Å². The summed E-state index contributed by atoms with van der Waals surface area (Å²) in [4.78, 5) is 43.7. The highest BCUT2D eigenvalue weighted by Crippen LogP contribution is 2.25. The predicted octanol–water partition coefficient (Wildman–Crippen LogP) is 4.26. The highest BCUT2D eigenvalue weighted by Gasteiger charge is 2.23. The molecule has 8 nitrogen and oxygen atoms in total. The first-order valence-corrected chi connectivity index (χ1v) is 12.5. The standard InChI is InChI=1S/C29H26ClN5O3/c1-32(2)17-18-33-25(36)19-24(31-21-15-13-20(30)14-16-21)26-27(33)34(22-9-5-3-6-10-22)29(38)35(28(26)37)23-11-7-4-8-12-23/h3-16,19,31H,17-18H2,1-2H3. The number of nitrogens with zero attached hydrogens (tertiary/aromatic N) is 4. The Morgan fingerprint density at radius 2 is 1.37 bits per heavy atom. The summed E-state index contributed by atoms with van der Waals surface area (Å²) in [5.41, 5.74) is 0.699. The molecule has 0 spiro atoms. The second kappa shape index (κ2) is 10.5. The lowest BCUT2D eigenvalue weighted by Crippen LogP contribution is -2.41. The van der Waals surface area contributed by atoms with Crippen LogP contribution >= 0.6 is 11.6 Å². The lowest BCUT2D eigenvalue weighted by molar-refractivity contribution is 0.383.